The van der Waals surface area contributed by atoms with Crippen LogP contribution in [0.4, 0.5) is 0 Å². The molecule has 0 aromatic heterocycles. The second-order valence-corrected chi connectivity index (χ2v) is 30.9. The van der Waals surface area contributed by atoms with Crippen LogP contribution in [0, 0.1) is 0 Å². The molecule has 3 N–H and O–H groups in total. The van der Waals surface area contributed by atoms with Crippen molar-refractivity contribution in [3.8, 4) is 0 Å². The molecule has 0 aliphatic heterocycles. The van der Waals surface area contributed by atoms with Crippen LogP contribution in [-0.2, 0) is 65.4 Å². The molecule has 0 aliphatic carbocycles. The van der Waals surface area contributed by atoms with E-state index in [1.54, 1.807) is 0 Å². The number of allylic oxidation sites excluding steroid dienone is 26. The van der Waals surface area contributed by atoms with E-state index >= 15 is 0 Å². The molecule has 0 radical (unpaired) electrons. The molecule has 0 aliphatic rings. The summed E-state index contributed by atoms with van der Waals surface area (Å²) in [5, 5.41) is 10.7. The molecule has 0 bridgehead atoms. The van der Waals surface area contributed by atoms with E-state index in [1.807, 2.05) is 18.2 Å². The van der Waals surface area contributed by atoms with Gasteiger partial charge in [0.1, 0.15) is 19.3 Å². The molecule has 19 heteroatoms. The van der Waals surface area contributed by atoms with E-state index in [2.05, 4.69) is 167 Å². The summed E-state index contributed by atoms with van der Waals surface area (Å²) < 4.78 is 68.7. The van der Waals surface area contributed by atoms with E-state index in [0.717, 1.165) is 193 Å². The maximum absolute atomic E-state index is 13.1. The number of esters is 4. The van der Waals surface area contributed by atoms with Gasteiger partial charge in [-0.3, -0.25) is 37.3 Å². The Labute approximate surface area is 668 Å². The normalized spacial score (nSPS) is 14.6. The first-order valence-electron chi connectivity index (χ1n) is 42.7. The topological polar surface area (TPSA) is 237 Å². The highest BCUT2D eigenvalue weighted by atomic mass is 31.2. The van der Waals surface area contributed by atoms with E-state index in [-0.39, 0.29) is 25.7 Å². The van der Waals surface area contributed by atoms with E-state index in [1.165, 1.54) is 57.8 Å². The Kier molecular flexibility index (Phi) is 77.7. The van der Waals surface area contributed by atoms with Crippen LogP contribution in [0.5, 0.6) is 0 Å². The third kappa shape index (κ3) is 80.7. The van der Waals surface area contributed by atoms with Gasteiger partial charge in [0.05, 0.1) is 26.4 Å². The van der Waals surface area contributed by atoms with Crippen LogP contribution < -0.4 is 0 Å². The minimum absolute atomic E-state index is 0.0285. The van der Waals surface area contributed by atoms with Crippen molar-refractivity contribution < 1.29 is 80.2 Å². The maximum atomic E-state index is 13.1. The second-order valence-electron chi connectivity index (χ2n) is 28.0. The van der Waals surface area contributed by atoms with Gasteiger partial charge >= 0.3 is 39.5 Å². The van der Waals surface area contributed by atoms with Gasteiger partial charge in [-0.1, -0.05) is 308 Å². The van der Waals surface area contributed by atoms with Crippen LogP contribution in [0.25, 0.3) is 0 Å². The van der Waals surface area contributed by atoms with Gasteiger partial charge in [-0.05, 0) is 161 Å². The number of ether oxygens (including phenoxy) is 4. The fourth-order valence-corrected chi connectivity index (χ4v) is 12.6. The summed E-state index contributed by atoms with van der Waals surface area (Å²) >= 11 is 0. The molecule has 5 unspecified atom stereocenters. The van der Waals surface area contributed by atoms with Gasteiger partial charge in [0.15, 0.2) is 12.2 Å². The highest BCUT2D eigenvalue weighted by Crippen LogP contribution is 2.45. The third-order valence-corrected chi connectivity index (χ3v) is 19.4. The molecule has 0 aromatic carbocycles. The monoisotopic (exact) mass is 1580 g/mol. The molecule has 5 atom stereocenters. The number of carbonyl (C=O) groups excluding carboxylic acids is 4. The number of carbonyl (C=O) groups is 4. The highest BCUT2D eigenvalue weighted by Gasteiger charge is 2.30. The predicted octanol–water partition coefficient (Wildman–Crippen LogP) is 25.6. The average molecular weight is 1580 g/mol. The fraction of sp³-hybridized carbons (Fsp3) is 0.670. The van der Waals surface area contributed by atoms with Crippen molar-refractivity contribution in [2.24, 2.45) is 0 Å². The quantitative estimate of drug-likeness (QED) is 0.0169. The van der Waals surface area contributed by atoms with Gasteiger partial charge in [-0.2, -0.15) is 0 Å². The van der Waals surface area contributed by atoms with Crippen LogP contribution in [-0.4, -0.2) is 96.7 Å². The van der Waals surface area contributed by atoms with Gasteiger partial charge < -0.3 is 33.8 Å². The number of rotatable bonds is 79. The number of phosphoric acid groups is 2. The first-order chi connectivity index (χ1) is 53.7. The zero-order valence-corrected chi connectivity index (χ0v) is 70.7. The molecule has 628 valence electrons. The summed E-state index contributed by atoms with van der Waals surface area (Å²) in [5.41, 5.74) is 0. The van der Waals surface area contributed by atoms with E-state index in [4.69, 9.17) is 37.0 Å². The van der Waals surface area contributed by atoms with Crippen molar-refractivity contribution in [1.82, 2.24) is 0 Å². The summed E-state index contributed by atoms with van der Waals surface area (Å²) in [5.74, 6) is -2.31. The molecule has 0 spiro atoms. The SMILES string of the molecule is CC/C=C\C/C=C\C/C=C\C/C=C\C/C=C\C/C=C\CCC(=O)OCC(COP(=O)(O)OCC(O)COP(=O)(O)OCC(COC(=O)CCCCCCCCC/C=C\C/C=C\C/C=C\CC)OC(=O)CCCCCCC/C=C\CCCCCCCC)OC(=O)CCCCCCCC/C=C\C/C=C\C/C=C\CCCCC. The fourth-order valence-electron chi connectivity index (χ4n) is 11.0. The van der Waals surface area contributed by atoms with Crippen molar-refractivity contribution in [3.05, 3.63) is 158 Å². The lowest BCUT2D eigenvalue weighted by Crippen LogP contribution is -2.30. The van der Waals surface area contributed by atoms with Crippen molar-refractivity contribution in [1.29, 1.82) is 0 Å². The molecule has 0 amide bonds. The summed E-state index contributed by atoms with van der Waals surface area (Å²) in [6.07, 6.45) is 96.4. The average Bonchev–Trinajstić information content (AvgIpc) is 0.900. The first-order valence-corrected chi connectivity index (χ1v) is 45.7. The van der Waals surface area contributed by atoms with Crippen LogP contribution in [0.15, 0.2) is 158 Å². The van der Waals surface area contributed by atoms with Crippen LogP contribution in [0.2, 0.25) is 0 Å². The van der Waals surface area contributed by atoms with E-state index < -0.39 is 97.5 Å². The lowest BCUT2D eigenvalue weighted by Gasteiger charge is -2.21. The first kappa shape index (κ1) is 105. The van der Waals surface area contributed by atoms with Crippen LogP contribution >= 0.6 is 15.6 Å². The summed E-state index contributed by atoms with van der Waals surface area (Å²) in [6, 6.07) is 0. The third-order valence-electron chi connectivity index (χ3n) is 17.5. The molecule has 17 nitrogen and oxygen atoms in total. The van der Waals surface area contributed by atoms with E-state index in [9.17, 15) is 43.2 Å². The molecule has 0 saturated carbocycles. The Bertz CT molecular complexity index is 2700. The number of unbranched alkanes of at least 4 members (excludes halogenated alkanes) is 27. The van der Waals surface area contributed by atoms with Gasteiger partial charge in [-0.15, -0.1) is 0 Å². The molecular weight excluding hydrogens is 1430 g/mol. The zero-order chi connectivity index (χ0) is 80.3. The van der Waals surface area contributed by atoms with Gasteiger partial charge in [0.2, 0.25) is 0 Å². The lowest BCUT2D eigenvalue weighted by atomic mass is 10.1. The molecule has 0 rings (SSSR count). The number of hydrogen-bond acceptors (Lipinski definition) is 15. The lowest BCUT2D eigenvalue weighted by molar-refractivity contribution is -0.161. The van der Waals surface area contributed by atoms with Crippen molar-refractivity contribution >= 4 is 39.5 Å². The smallest absolute Gasteiger partial charge is 0.462 e. The number of aliphatic hydroxyl groups is 1. The Morgan fingerprint density at radius 1 is 0.264 bits per heavy atom. The Morgan fingerprint density at radius 2 is 0.491 bits per heavy atom. The number of aliphatic hydroxyl groups excluding tert-OH is 1. The summed E-state index contributed by atoms with van der Waals surface area (Å²) in [7, 11) is -10.0. The van der Waals surface area contributed by atoms with Crippen molar-refractivity contribution in [3.63, 3.8) is 0 Å². The standard InChI is InChI=1S/C91H152O17P2/c1-5-9-13-17-21-25-29-33-37-40-42-45-49-52-56-60-64-68-72-76-89(94)102-82-87(108-91(96)78-74-70-66-62-58-54-50-46-43-41-38-34-30-26-22-18-14-10-6-2)84-106-110(99,100)104-80-85(92)79-103-109(97,98)105-83-86(107-90(95)77-73-69-65-61-57-53-47-36-32-28-24-20-16-12-8-4)81-101-88(93)75-71-67-63-59-55-51-48-44-39-35-31-27-23-19-15-11-7-3/h9,11,13,15,21-23,25-27,33-39,42-43,45-47,52,56,64,68,85-87,92H,5-8,10,12,14,16-20,24,28-32,40-41,44,48-51,53-55,57-63,65-67,69-84H2,1-4H3,(H,97,98)(H,99,100)/b13-9-,15-11-,25-21-,26-22-,27-23-,37-33-,38-34-,39-35-,45-42-,46-43-,47-36-,56-52-,68-64-. The minimum atomic E-state index is -5.01. The molecule has 0 fully saturated rings. The zero-order valence-electron chi connectivity index (χ0n) is 68.9. The van der Waals surface area contributed by atoms with Crippen LogP contribution in [0.1, 0.15) is 336 Å². The Morgan fingerprint density at radius 3 is 0.809 bits per heavy atom. The highest BCUT2D eigenvalue weighted by molar-refractivity contribution is 7.47. The summed E-state index contributed by atoms with van der Waals surface area (Å²) in [6.45, 7) is 4.53. The molecule has 110 heavy (non-hydrogen) atoms. The van der Waals surface area contributed by atoms with Gasteiger partial charge in [0.25, 0.3) is 0 Å². The summed E-state index contributed by atoms with van der Waals surface area (Å²) in [4.78, 5) is 73.2. The number of phosphoric ester groups is 2. The van der Waals surface area contributed by atoms with Gasteiger partial charge in [-0.25, -0.2) is 9.13 Å². The number of hydrogen-bond donors (Lipinski definition) is 3. The van der Waals surface area contributed by atoms with E-state index in [0.29, 0.717) is 32.1 Å². The predicted molar refractivity (Wildman–Crippen MR) is 454 cm³/mol. The largest absolute Gasteiger partial charge is 0.472 e. The molecule has 0 aromatic rings. The minimum Gasteiger partial charge on any atom is -0.462 e. The second kappa shape index (κ2) is 81.7. The maximum Gasteiger partial charge on any atom is 0.472 e. The van der Waals surface area contributed by atoms with Crippen LogP contribution in [0.3, 0.4) is 0 Å². The Balaban J connectivity index is 5.47. The van der Waals surface area contributed by atoms with Crippen molar-refractivity contribution in [2.75, 3.05) is 39.6 Å². The molecule has 0 heterocycles. The Hall–Kier alpha value is -5.32. The molecular formula is C91H152O17P2. The molecule has 0 saturated heterocycles. The van der Waals surface area contributed by atoms with Crippen molar-refractivity contribution in [2.45, 2.75) is 354 Å². The van der Waals surface area contributed by atoms with Gasteiger partial charge in [0, 0.05) is 25.7 Å².